The first-order valence-corrected chi connectivity index (χ1v) is 15.8. The minimum Gasteiger partial charge on any atom is -0.393 e. The smallest absolute Gasteiger partial charge is 0.0753 e. The van der Waals surface area contributed by atoms with Crippen LogP contribution in [0.4, 0.5) is 0 Å². The van der Waals surface area contributed by atoms with Crippen molar-refractivity contribution in [2.45, 2.75) is 131 Å². The van der Waals surface area contributed by atoms with E-state index in [1.165, 1.54) is 63.4 Å². The van der Waals surface area contributed by atoms with Crippen LogP contribution in [0.1, 0.15) is 118 Å². The van der Waals surface area contributed by atoms with E-state index in [9.17, 15) is 5.11 Å². The largest absolute Gasteiger partial charge is 0.393 e. The predicted molar refractivity (Wildman–Crippen MR) is 157 cm³/mol. The number of rotatable bonds is 3. The molecule has 0 bridgehead atoms. The summed E-state index contributed by atoms with van der Waals surface area (Å²) in [6, 6.07) is 10.8. The molecule has 4 fully saturated rings. The van der Waals surface area contributed by atoms with Gasteiger partial charge in [0.1, 0.15) is 0 Å². The van der Waals surface area contributed by atoms with Gasteiger partial charge in [-0.25, -0.2) is 0 Å². The molecule has 6 rings (SSSR count). The molecule has 1 aromatic carbocycles. The minimum absolute atomic E-state index is 0.0135. The highest BCUT2D eigenvalue weighted by atomic mass is 16.5. The van der Waals surface area contributed by atoms with E-state index in [1.807, 2.05) is 0 Å². The van der Waals surface area contributed by atoms with Gasteiger partial charge >= 0.3 is 0 Å². The molecule has 1 unspecified atom stereocenters. The van der Waals surface area contributed by atoms with E-state index in [-0.39, 0.29) is 22.5 Å². The summed E-state index contributed by atoms with van der Waals surface area (Å²) in [5.74, 6) is 1.84. The molecule has 0 aromatic heterocycles. The minimum atomic E-state index is -0.156. The fraction of sp³-hybridized carbons (Fsp3) is 0.778. The quantitative estimate of drug-likeness (QED) is 0.404. The zero-order chi connectivity index (χ0) is 27.2. The van der Waals surface area contributed by atoms with Crippen LogP contribution < -0.4 is 0 Å². The first-order valence-electron chi connectivity index (χ1n) is 15.8. The van der Waals surface area contributed by atoms with Gasteiger partial charge in [0.15, 0.2) is 0 Å². The Morgan fingerprint density at radius 1 is 0.816 bits per heavy atom. The molecule has 0 aliphatic heterocycles. The van der Waals surface area contributed by atoms with E-state index in [4.69, 9.17) is 4.74 Å². The van der Waals surface area contributed by atoms with Crippen molar-refractivity contribution in [3.63, 3.8) is 0 Å². The van der Waals surface area contributed by atoms with Crippen molar-refractivity contribution in [1.29, 1.82) is 0 Å². The van der Waals surface area contributed by atoms with Gasteiger partial charge in [-0.3, -0.25) is 0 Å². The van der Waals surface area contributed by atoms with E-state index in [1.54, 1.807) is 5.57 Å². The molecule has 4 saturated carbocycles. The van der Waals surface area contributed by atoms with Crippen LogP contribution in [-0.2, 0) is 11.3 Å². The summed E-state index contributed by atoms with van der Waals surface area (Å²) in [4.78, 5) is 0. The lowest BCUT2D eigenvalue weighted by molar-refractivity contribution is -0.215. The normalized spacial score (nSPS) is 47.1. The third kappa shape index (κ3) is 3.71. The molecule has 2 heteroatoms. The first-order chi connectivity index (χ1) is 17.8. The van der Waals surface area contributed by atoms with Gasteiger partial charge in [0.05, 0.1) is 18.3 Å². The molecular formula is C36H54O2. The molecule has 5 aliphatic rings. The molecule has 0 saturated heterocycles. The zero-order valence-electron chi connectivity index (χ0n) is 25.4. The molecule has 8 atom stereocenters. The third-order valence-corrected chi connectivity index (χ3v) is 13.9. The van der Waals surface area contributed by atoms with Gasteiger partial charge in [-0.1, -0.05) is 90.4 Å². The van der Waals surface area contributed by atoms with Crippen molar-refractivity contribution >= 4 is 0 Å². The summed E-state index contributed by atoms with van der Waals surface area (Å²) in [6.45, 7) is 18.4. The van der Waals surface area contributed by atoms with E-state index >= 15 is 0 Å². The van der Waals surface area contributed by atoms with Crippen molar-refractivity contribution in [2.75, 3.05) is 0 Å². The van der Waals surface area contributed by atoms with Crippen LogP contribution >= 0.6 is 0 Å². The maximum absolute atomic E-state index is 11.0. The highest BCUT2D eigenvalue weighted by Crippen LogP contribution is 2.75. The average molecular weight is 519 g/mol. The Kier molecular flexibility index (Phi) is 6.19. The van der Waals surface area contributed by atoms with Gasteiger partial charge in [0.2, 0.25) is 0 Å². The van der Waals surface area contributed by atoms with Crippen LogP contribution in [0.5, 0.6) is 0 Å². The highest BCUT2D eigenvalue weighted by molar-refractivity contribution is 5.34. The molecule has 0 radical (unpaired) electrons. The Bertz CT molecular complexity index is 1090. The van der Waals surface area contributed by atoms with Crippen molar-refractivity contribution in [3.8, 4) is 0 Å². The van der Waals surface area contributed by atoms with Crippen molar-refractivity contribution in [3.05, 3.63) is 47.5 Å². The summed E-state index contributed by atoms with van der Waals surface area (Å²) >= 11 is 0. The SMILES string of the molecule is CC1(C)CC[C@]2(OCc3ccccc3)CC[C@]3(C)C(=CC[C@@H]4[C@@]5(C)CC[C@H](O)C(C)(C)C5CC[C@]43C)[C@@H]2C1. The van der Waals surface area contributed by atoms with E-state index in [0.717, 1.165) is 13.0 Å². The molecule has 0 heterocycles. The average Bonchev–Trinajstić information content (AvgIpc) is 2.86. The second-order valence-electron chi connectivity index (χ2n) is 16.4. The predicted octanol–water partition coefficient (Wildman–Crippen LogP) is 9.12. The van der Waals surface area contributed by atoms with Crippen molar-refractivity contribution in [1.82, 2.24) is 0 Å². The summed E-state index contributed by atoms with van der Waals surface area (Å²) in [5, 5.41) is 11.0. The van der Waals surface area contributed by atoms with Gasteiger partial charge in [-0.2, -0.15) is 0 Å². The van der Waals surface area contributed by atoms with E-state index in [0.29, 0.717) is 34.0 Å². The van der Waals surface area contributed by atoms with Gasteiger partial charge in [0.25, 0.3) is 0 Å². The number of fused-ring (bicyclic) bond motifs is 7. The number of hydrogen-bond donors (Lipinski definition) is 1. The Morgan fingerprint density at radius 2 is 1.53 bits per heavy atom. The number of hydrogen-bond acceptors (Lipinski definition) is 2. The fourth-order valence-electron chi connectivity index (χ4n) is 11.3. The number of allylic oxidation sites excluding steroid dienone is 1. The second kappa shape index (κ2) is 8.69. The maximum Gasteiger partial charge on any atom is 0.0753 e. The highest BCUT2D eigenvalue weighted by Gasteiger charge is 2.68. The lowest BCUT2D eigenvalue weighted by atomic mass is 9.34. The van der Waals surface area contributed by atoms with Crippen LogP contribution in [0, 0.1) is 44.8 Å². The molecule has 0 spiro atoms. The topological polar surface area (TPSA) is 29.5 Å². The fourth-order valence-corrected chi connectivity index (χ4v) is 11.3. The van der Waals surface area contributed by atoms with Gasteiger partial charge < -0.3 is 9.84 Å². The standard InChI is InChI=1S/C36H54O2/c1-31(2)19-21-36(38-24-25-11-9-8-10-12-25)22-20-34(6)26(27(36)23-31)13-14-29-33(5)17-16-30(37)32(3,4)28(33)15-18-35(29,34)7/h8-13,27-30,37H,14-24H2,1-7H3/t27-,28?,29+,30-,33-,34+,35+,36-/m0/s1. The Morgan fingerprint density at radius 3 is 2.26 bits per heavy atom. The molecule has 0 amide bonds. The molecule has 38 heavy (non-hydrogen) atoms. The number of aliphatic hydroxyl groups excluding tert-OH is 1. The maximum atomic E-state index is 11.0. The molecular weight excluding hydrogens is 464 g/mol. The zero-order valence-corrected chi connectivity index (χ0v) is 25.4. The molecule has 5 aliphatic carbocycles. The molecule has 2 nitrogen and oxygen atoms in total. The monoisotopic (exact) mass is 518 g/mol. The molecule has 210 valence electrons. The molecule has 1 aromatic rings. The summed E-state index contributed by atoms with van der Waals surface area (Å²) in [5.41, 5.74) is 4.30. The van der Waals surface area contributed by atoms with E-state index in [2.05, 4.69) is 84.9 Å². The van der Waals surface area contributed by atoms with Crippen molar-refractivity contribution < 1.29 is 9.84 Å². The third-order valence-electron chi connectivity index (χ3n) is 13.9. The van der Waals surface area contributed by atoms with Crippen LogP contribution in [0.3, 0.4) is 0 Å². The summed E-state index contributed by atoms with van der Waals surface area (Å²) in [6.07, 6.45) is 14.7. The molecule has 1 N–H and O–H groups in total. The summed E-state index contributed by atoms with van der Waals surface area (Å²) in [7, 11) is 0. The second-order valence-corrected chi connectivity index (χ2v) is 16.4. The van der Waals surface area contributed by atoms with Gasteiger partial charge in [0, 0.05) is 5.92 Å². The number of aliphatic hydroxyl groups is 1. The van der Waals surface area contributed by atoms with Crippen LogP contribution in [0.25, 0.3) is 0 Å². The Labute approximate surface area is 233 Å². The van der Waals surface area contributed by atoms with Crippen molar-refractivity contribution in [2.24, 2.45) is 44.8 Å². The Balaban J connectivity index is 1.37. The number of benzene rings is 1. The first kappa shape index (κ1) is 27.1. The lowest BCUT2D eigenvalue weighted by Gasteiger charge is -2.71. The van der Waals surface area contributed by atoms with Crippen LogP contribution in [0.15, 0.2) is 42.0 Å². The van der Waals surface area contributed by atoms with Crippen LogP contribution in [-0.4, -0.2) is 16.8 Å². The van der Waals surface area contributed by atoms with Gasteiger partial charge in [-0.05, 0) is 109 Å². The van der Waals surface area contributed by atoms with E-state index < -0.39 is 0 Å². The van der Waals surface area contributed by atoms with Crippen LogP contribution in [0.2, 0.25) is 0 Å². The Hall–Kier alpha value is -1.12. The number of ether oxygens (including phenoxy) is 1. The summed E-state index contributed by atoms with van der Waals surface area (Å²) < 4.78 is 7.09. The lowest BCUT2D eigenvalue weighted by Crippen LogP contribution is -2.65. The van der Waals surface area contributed by atoms with Gasteiger partial charge in [-0.15, -0.1) is 0 Å².